The van der Waals surface area contributed by atoms with Crippen molar-refractivity contribution in [2.75, 3.05) is 19.7 Å². The summed E-state index contributed by atoms with van der Waals surface area (Å²) in [7, 11) is 0. The molecule has 0 radical (unpaired) electrons. The van der Waals surface area contributed by atoms with Crippen molar-refractivity contribution in [2.45, 2.75) is 37.9 Å². The third-order valence-electron chi connectivity index (χ3n) is 6.58. The Morgan fingerprint density at radius 1 is 1.37 bits per heavy atom. The Morgan fingerprint density at radius 2 is 2.19 bits per heavy atom. The van der Waals surface area contributed by atoms with Gasteiger partial charge in [-0.1, -0.05) is 18.2 Å². The molecule has 3 fully saturated rings. The number of amides is 1. The highest BCUT2D eigenvalue weighted by Gasteiger charge is 2.63. The molecule has 3 aliphatic rings. The molecule has 27 heavy (non-hydrogen) atoms. The molecular weight excluding hydrogens is 344 g/mol. The standard InChI is InChI=1S/C21H24N2O4/c1-13-17(22-20(26-13)14-5-3-2-4-6-14)9-19(25)23-10-16-15(11-24)18-7-8-21(16,12-23)27-18/h2-6,15-16,18,24H,7-12H2,1H3/t15-,16+,18+,21+/m0/s1. The summed E-state index contributed by atoms with van der Waals surface area (Å²) in [5.74, 6) is 1.71. The second-order valence-electron chi connectivity index (χ2n) is 8.05. The summed E-state index contributed by atoms with van der Waals surface area (Å²) in [5.41, 5.74) is 1.37. The Bertz CT molecular complexity index is 864. The van der Waals surface area contributed by atoms with Crippen LogP contribution >= 0.6 is 0 Å². The number of carbonyl (C=O) groups is 1. The lowest BCUT2D eigenvalue weighted by Crippen LogP contribution is -2.38. The van der Waals surface area contributed by atoms with Crippen LogP contribution in [0, 0.1) is 18.8 Å². The van der Waals surface area contributed by atoms with Gasteiger partial charge in [-0.25, -0.2) is 4.98 Å². The second-order valence-corrected chi connectivity index (χ2v) is 8.05. The molecule has 6 nitrogen and oxygen atoms in total. The molecule has 1 N–H and O–H groups in total. The van der Waals surface area contributed by atoms with Crippen molar-refractivity contribution in [1.82, 2.24) is 9.88 Å². The van der Waals surface area contributed by atoms with Gasteiger partial charge in [-0.05, 0) is 31.9 Å². The van der Waals surface area contributed by atoms with Crippen molar-refractivity contribution in [1.29, 1.82) is 0 Å². The monoisotopic (exact) mass is 368 g/mol. The van der Waals surface area contributed by atoms with Gasteiger partial charge >= 0.3 is 0 Å². The van der Waals surface area contributed by atoms with E-state index in [4.69, 9.17) is 9.15 Å². The van der Waals surface area contributed by atoms with Crippen LogP contribution < -0.4 is 0 Å². The zero-order chi connectivity index (χ0) is 18.6. The summed E-state index contributed by atoms with van der Waals surface area (Å²) in [6.45, 7) is 3.29. The van der Waals surface area contributed by atoms with Gasteiger partial charge in [-0.3, -0.25) is 4.79 Å². The number of hydrogen-bond acceptors (Lipinski definition) is 5. The number of nitrogens with zero attached hydrogens (tertiary/aromatic N) is 2. The number of benzene rings is 1. The first kappa shape index (κ1) is 17.0. The van der Waals surface area contributed by atoms with Gasteiger partial charge in [-0.15, -0.1) is 0 Å². The number of oxazole rings is 1. The van der Waals surface area contributed by atoms with E-state index in [1.807, 2.05) is 42.2 Å². The third-order valence-corrected chi connectivity index (χ3v) is 6.58. The van der Waals surface area contributed by atoms with E-state index in [2.05, 4.69) is 4.98 Å². The van der Waals surface area contributed by atoms with Gasteiger partial charge in [0.2, 0.25) is 11.8 Å². The van der Waals surface area contributed by atoms with Gasteiger partial charge in [0.25, 0.3) is 0 Å². The van der Waals surface area contributed by atoms with E-state index in [0.717, 1.165) is 18.4 Å². The fraction of sp³-hybridized carbons (Fsp3) is 0.524. The lowest BCUT2D eigenvalue weighted by molar-refractivity contribution is -0.131. The highest BCUT2D eigenvalue weighted by atomic mass is 16.5. The number of fused-ring (bicyclic) bond motifs is 1. The van der Waals surface area contributed by atoms with Crippen LogP contribution in [-0.4, -0.2) is 52.3 Å². The third kappa shape index (κ3) is 2.62. The van der Waals surface area contributed by atoms with E-state index in [-0.39, 0.29) is 42.5 Å². The first-order valence-electron chi connectivity index (χ1n) is 9.68. The molecule has 2 bridgehead atoms. The molecule has 0 saturated carbocycles. The van der Waals surface area contributed by atoms with Gasteiger partial charge in [0.1, 0.15) is 5.76 Å². The molecular formula is C21H24N2O4. The second kappa shape index (κ2) is 6.17. The summed E-state index contributed by atoms with van der Waals surface area (Å²) in [6.07, 6.45) is 2.39. The van der Waals surface area contributed by atoms with Gasteiger partial charge in [0.15, 0.2) is 0 Å². The summed E-state index contributed by atoms with van der Waals surface area (Å²) in [4.78, 5) is 19.4. The lowest BCUT2D eigenvalue weighted by atomic mass is 9.74. The SMILES string of the molecule is Cc1oc(-c2ccccc2)nc1CC(=O)N1C[C@@H]2[C@H](CO)[C@H]3CC[C@]2(C1)O3. The fourth-order valence-electron chi connectivity index (χ4n) is 5.18. The Hall–Kier alpha value is -2.18. The summed E-state index contributed by atoms with van der Waals surface area (Å²) in [6, 6.07) is 9.71. The Balaban J connectivity index is 1.31. The molecule has 0 aliphatic carbocycles. The highest BCUT2D eigenvalue weighted by molar-refractivity contribution is 5.79. The van der Waals surface area contributed by atoms with Gasteiger partial charge < -0.3 is 19.2 Å². The van der Waals surface area contributed by atoms with E-state index < -0.39 is 0 Å². The minimum atomic E-state index is -0.234. The van der Waals surface area contributed by atoms with E-state index in [1.165, 1.54) is 0 Å². The maximum atomic E-state index is 12.9. The summed E-state index contributed by atoms with van der Waals surface area (Å²) >= 11 is 0. The number of carbonyl (C=O) groups excluding carboxylic acids is 1. The number of aryl methyl sites for hydroxylation is 1. The van der Waals surface area contributed by atoms with E-state index in [9.17, 15) is 9.90 Å². The number of aliphatic hydroxyl groups excluding tert-OH is 1. The van der Waals surface area contributed by atoms with Crippen molar-refractivity contribution in [2.24, 2.45) is 11.8 Å². The van der Waals surface area contributed by atoms with E-state index in [0.29, 0.717) is 30.4 Å². The molecule has 1 aromatic heterocycles. The number of hydrogen-bond donors (Lipinski definition) is 1. The molecule has 5 rings (SSSR count). The maximum Gasteiger partial charge on any atom is 0.228 e. The minimum Gasteiger partial charge on any atom is -0.441 e. The first-order valence-corrected chi connectivity index (χ1v) is 9.68. The van der Waals surface area contributed by atoms with Crippen LogP contribution in [0.25, 0.3) is 11.5 Å². The zero-order valence-electron chi connectivity index (χ0n) is 15.4. The van der Waals surface area contributed by atoms with Gasteiger partial charge in [0, 0.05) is 30.6 Å². The number of ether oxygens (including phenoxy) is 1. The first-order chi connectivity index (χ1) is 13.1. The number of aliphatic hydroxyl groups is 1. The fourth-order valence-corrected chi connectivity index (χ4v) is 5.18. The highest BCUT2D eigenvalue weighted by Crippen LogP contribution is 2.54. The van der Waals surface area contributed by atoms with Crippen molar-refractivity contribution >= 4 is 5.91 Å². The molecule has 4 heterocycles. The topological polar surface area (TPSA) is 75.8 Å². The molecule has 3 aliphatic heterocycles. The number of likely N-dealkylation sites (tertiary alicyclic amines) is 1. The van der Waals surface area contributed by atoms with Crippen LogP contribution in [-0.2, 0) is 16.0 Å². The Morgan fingerprint density at radius 3 is 2.96 bits per heavy atom. The minimum absolute atomic E-state index is 0.0542. The average Bonchev–Trinajstić information content (AvgIpc) is 3.41. The quantitative estimate of drug-likeness (QED) is 0.895. The molecule has 1 spiro atoms. The predicted molar refractivity (Wildman–Crippen MR) is 97.9 cm³/mol. The number of aromatic nitrogens is 1. The van der Waals surface area contributed by atoms with Crippen LogP contribution in [0.3, 0.4) is 0 Å². The van der Waals surface area contributed by atoms with Crippen LogP contribution in [0.2, 0.25) is 0 Å². The Kier molecular flexibility index (Phi) is 3.88. The van der Waals surface area contributed by atoms with E-state index in [1.54, 1.807) is 0 Å². The Labute approximate surface area is 158 Å². The van der Waals surface area contributed by atoms with Crippen LogP contribution in [0.15, 0.2) is 34.7 Å². The largest absolute Gasteiger partial charge is 0.441 e. The molecule has 4 atom stereocenters. The molecule has 1 amide bonds. The van der Waals surface area contributed by atoms with Crippen LogP contribution in [0.1, 0.15) is 24.3 Å². The molecule has 0 unspecified atom stereocenters. The maximum absolute atomic E-state index is 12.9. The average molecular weight is 368 g/mol. The lowest BCUT2D eigenvalue weighted by Gasteiger charge is -2.27. The predicted octanol–water partition coefficient (Wildman–Crippen LogP) is 2.19. The molecule has 142 valence electrons. The van der Waals surface area contributed by atoms with Crippen molar-refractivity contribution in [3.05, 3.63) is 41.8 Å². The van der Waals surface area contributed by atoms with Crippen molar-refractivity contribution < 1.29 is 19.1 Å². The van der Waals surface area contributed by atoms with Crippen LogP contribution in [0.4, 0.5) is 0 Å². The molecule has 1 aromatic carbocycles. The van der Waals surface area contributed by atoms with E-state index >= 15 is 0 Å². The van der Waals surface area contributed by atoms with Crippen molar-refractivity contribution in [3.8, 4) is 11.5 Å². The van der Waals surface area contributed by atoms with Gasteiger partial charge in [0.05, 0.1) is 30.4 Å². The summed E-state index contributed by atoms with van der Waals surface area (Å²) < 4.78 is 12.0. The summed E-state index contributed by atoms with van der Waals surface area (Å²) in [5, 5.41) is 9.73. The van der Waals surface area contributed by atoms with Crippen LogP contribution in [0.5, 0.6) is 0 Å². The molecule has 3 saturated heterocycles. The van der Waals surface area contributed by atoms with Crippen molar-refractivity contribution in [3.63, 3.8) is 0 Å². The zero-order valence-corrected chi connectivity index (χ0v) is 15.4. The normalized spacial score (nSPS) is 31.5. The molecule has 2 aromatic rings. The molecule has 6 heteroatoms. The smallest absolute Gasteiger partial charge is 0.228 e. The van der Waals surface area contributed by atoms with Gasteiger partial charge in [-0.2, -0.15) is 0 Å². The number of rotatable bonds is 4.